The molecule has 2 aromatic rings. The molecule has 0 saturated heterocycles. The molecule has 0 spiro atoms. The first-order chi connectivity index (χ1) is 10.5. The maximum absolute atomic E-state index is 12.2. The fraction of sp³-hybridized carbons (Fsp3) is 0.286. The van der Waals surface area contributed by atoms with Crippen LogP contribution in [0.25, 0.3) is 0 Å². The number of aromatic nitrogens is 2. The Kier molecular flexibility index (Phi) is 5.03. The van der Waals surface area contributed by atoms with E-state index in [-0.39, 0.29) is 11.4 Å². The standard InChI is InChI=1S/C14H14F3N3O2/c15-14(16,17)10-22-13-11(4-3-5-19-13)12(21)18-6-9-20-7-1-2-8-20/h1-5,7-8H,6,9-10H2,(H,18,21). The van der Waals surface area contributed by atoms with E-state index in [4.69, 9.17) is 0 Å². The third-order valence-corrected chi connectivity index (χ3v) is 2.71. The van der Waals surface area contributed by atoms with Crippen molar-refractivity contribution >= 4 is 5.91 Å². The summed E-state index contributed by atoms with van der Waals surface area (Å²) in [7, 11) is 0. The maximum Gasteiger partial charge on any atom is 0.422 e. The largest absolute Gasteiger partial charge is 0.467 e. The summed E-state index contributed by atoms with van der Waals surface area (Å²) in [4.78, 5) is 15.7. The molecule has 0 aromatic carbocycles. The van der Waals surface area contributed by atoms with Crippen LogP contribution in [0.5, 0.6) is 5.88 Å². The van der Waals surface area contributed by atoms with Crippen LogP contribution in [0.2, 0.25) is 0 Å². The van der Waals surface area contributed by atoms with Gasteiger partial charge in [0.2, 0.25) is 5.88 Å². The third-order valence-electron chi connectivity index (χ3n) is 2.71. The number of halogens is 3. The van der Waals surface area contributed by atoms with Gasteiger partial charge in [0.05, 0.1) is 0 Å². The molecule has 0 aliphatic heterocycles. The van der Waals surface area contributed by atoms with Gasteiger partial charge in [-0.05, 0) is 24.3 Å². The van der Waals surface area contributed by atoms with Gasteiger partial charge in [0.1, 0.15) is 5.56 Å². The second-order valence-corrected chi connectivity index (χ2v) is 4.44. The average Bonchev–Trinajstić information content (AvgIpc) is 2.98. The van der Waals surface area contributed by atoms with E-state index in [2.05, 4.69) is 15.0 Å². The first kappa shape index (κ1) is 15.9. The van der Waals surface area contributed by atoms with Gasteiger partial charge < -0.3 is 14.6 Å². The van der Waals surface area contributed by atoms with Crippen LogP contribution in [0.3, 0.4) is 0 Å². The molecule has 0 aliphatic carbocycles. The monoisotopic (exact) mass is 313 g/mol. The van der Waals surface area contributed by atoms with Crippen LogP contribution in [0.4, 0.5) is 13.2 Å². The summed E-state index contributed by atoms with van der Waals surface area (Å²) >= 11 is 0. The Morgan fingerprint density at radius 2 is 2.00 bits per heavy atom. The Bertz CT molecular complexity index is 612. The summed E-state index contributed by atoms with van der Waals surface area (Å²) in [5.74, 6) is -0.865. The second-order valence-electron chi connectivity index (χ2n) is 4.44. The Morgan fingerprint density at radius 1 is 1.27 bits per heavy atom. The Labute approximate surface area is 124 Å². The summed E-state index contributed by atoms with van der Waals surface area (Å²) in [5.41, 5.74) is -0.0285. The number of alkyl halides is 3. The predicted molar refractivity (Wildman–Crippen MR) is 72.6 cm³/mol. The van der Waals surface area contributed by atoms with Crippen molar-refractivity contribution in [2.24, 2.45) is 0 Å². The first-order valence-corrected chi connectivity index (χ1v) is 6.49. The molecule has 0 saturated carbocycles. The number of carbonyl (C=O) groups excluding carboxylic acids is 1. The number of rotatable bonds is 6. The third kappa shape index (κ3) is 4.80. The van der Waals surface area contributed by atoms with Crippen molar-refractivity contribution in [3.63, 3.8) is 0 Å². The molecular weight excluding hydrogens is 299 g/mol. The van der Waals surface area contributed by atoms with Crippen LogP contribution in [-0.4, -0.2) is 34.8 Å². The number of ether oxygens (including phenoxy) is 1. The molecule has 0 unspecified atom stereocenters. The number of hydrogen-bond donors (Lipinski definition) is 1. The molecule has 1 N–H and O–H groups in total. The first-order valence-electron chi connectivity index (χ1n) is 6.49. The molecular formula is C14H14F3N3O2. The summed E-state index contributed by atoms with van der Waals surface area (Å²) in [6.45, 7) is -0.605. The summed E-state index contributed by atoms with van der Waals surface area (Å²) in [6, 6.07) is 6.53. The molecule has 2 heterocycles. The van der Waals surface area contributed by atoms with Crippen LogP contribution in [-0.2, 0) is 6.54 Å². The van der Waals surface area contributed by atoms with Crippen molar-refractivity contribution in [2.45, 2.75) is 12.7 Å². The molecule has 5 nitrogen and oxygen atoms in total. The number of carbonyl (C=O) groups is 1. The lowest BCUT2D eigenvalue weighted by Crippen LogP contribution is -2.28. The average molecular weight is 313 g/mol. The van der Waals surface area contributed by atoms with Crippen molar-refractivity contribution in [2.75, 3.05) is 13.2 Å². The van der Waals surface area contributed by atoms with E-state index in [1.807, 2.05) is 29.1 Å². The van der Waals surface area contributed by atoms with Crippen LogP contribution in [0.1, 0.15) is 10.4 Å². The zero-order valence-electron chi connectivity index (χ0n) is 11.5. The zero-order valence-corrected chi connectivity index (χ0v) is 11.5. The van der Waals surface area contributed by atoms with Crippen molar-refractivity contribution in [1.82, 2.24) is 14.9 Å². The fourth-order valence-electron chi connectivity index (χ4n) is 1.74. The number of hydrogen-bond acceptors (Lipinski definition) is 3. The van der Waals surface area contributed by atoms with Gasteiger partial charge >= 0.3 is 6.18 Å². The van der Waals surface area contributed by atoms with Gasteiger partial charge in [-0.3, -0.25) is 4.79 Å². The molecule has 118 valence electrons. The van der Waals surface area contributed by atoms with Gasteiger partial charge in [-0.2, -0.15) is 13.2 Å². The number of nitrogens with one attached hydrogen (secondary N) is 1. The highest BCUT2D eigenvalue weighted by Crippen LogP contribution is 2.19. The molecule has 0 fully saturated rings. The van der Waals surface area contributed by atoms with Crippen LogP contribution >= 0.6 is 0 Å². The van der Waals surface area contributed by atoms with Crippen LogP contribution in [0, 0.1) is 0 Å². The molecule has 1 amide bonds. The SMILES string of the molecule is O=C(NCCn1cccc1)c1cccnc1OCC(F)(F)F. The topological polar surface area (TPSA) is 56.2 Å². The van der Waals surface area contributed by atoms with Gasteiger partial charge in [0, 0.05) is 31.7 Å². The fourth-order valence-corrected chi connectivity index (χ4v) is 1.74. The highest BCUT2D eigenvalue weighted by atomic mass is 19.4. The Morgan fingerprint density at radius 3 is 2.68 bits per heavy atom. The minimum absolute atomic E-state index is 0.0285. The molecule has 22 heavy (non-hydrogen) atoms. The minimum atomic E-state index is -4.49. The zero-order chi connectivity index (χ0) is 16.0. The van der Waals surface area contributed by atoms with E-state index < -0.39 is 18.7 Å². The normalized spacial score (nSPS) is 11.2. The highest BCUT2D eigenvalue weighted by Gasteiger charge is 2.29. The van der Waals surface area contributed by atoms with E-state index in [1.165, 1.54) is 18.3 Å². The molecule has 2 rings (SSSR count). The number of pyridine rings is 1. The van der Waals surface area contributed by atoms with Crippen molar-refractivity contribution in [3.8, 4) is 5.88 Å². The number of nitrogens with zero attached hydrogens (tertiary/aromatic N) is 2. The van der Waals surface area contributed by atoms with E-state index in [1.54, 1.807) is 0 Å². The second kappa shape index (κ2) is 6.97. The lowest BCUT2D eigenvalue weighted by atomic mass is 10.2. The molecule has 0 aliphatic rings. The lowest BCUT2D eigenvalue weighted by molar-refractivity contribution is -0.154. The van der Waals surface area contributed by atoms with Crippen LogP contribution < -0.4 is 10.1 Å². The molecule has 0 bridgehead atoms. The van der Waals surface area contributed by atoms with Gasteiger partial charge in [-0.15, -0.1) is 0 Å². The van der Waals surface area contributed by atoms with Gasteiger partial charge in [-0.1, -0.05) is 0 Å². The van der Waals surface area contributed by atoms with Crippen molar-refractivity contribution in [1.29, 1.82) is 0 Å². The van der Waals surface area contributed by atoms with Crippen molar-refractivity contribution < 1.29 is 22.7 Å². The van der Waals surface area contributed by atoms with E-state index in [9.17, 15) is 18.0 Å². The Hall–Kier alpha value is -2.51. The predicted octanol–water partition coefficient (Wildman–Crippen LogP) is 2.25. The quantitative estimate of drug-likeness (QED) is 0.890. The molecule has 8 heteroatoms. The summed E-state index contributed by atoms with van der Waals surface area (Å²) < 4.78 is 43.0. The Balaban J connectivity index is 1.93. The maximum atomic E-state index is 12.2. The van der Waals surface area contributed by atoms with Crippen molar-refractivity contribution in [3.05, 3.63) is 48.4 Å². The molecule has 2 aromatic heterocycles. The van der Waals surface area contributed by atoms with Gasteiger partial charge in [-0.25, -0.2) is 4.98 Å². The van der Waals surface area contributed by atoms with E-state index in [0.717, 1.165) is 0 Å². The summed E-state index contributed by atoms with van der Waals surface area (Å²) in [6.07, 6.45) is 0.462. The smallest absolute Gasteiger partial charge is 0.422 e. The summed E-state index contributed by atoms with van der Waals surface area (Å²) in [5, 5.41) is 2.61. The molecule has 0 radical (unpaired) electrons. The van der Waals surface area contributed by atoms with Crippen LogP contribution in [0.15, 0.2) is 42.9 Å². The van der Waals surface area contributed by atoms with E-state index in [0.29, 0.717) is 13.1 Å². The molecule has 0 atom stereocenters. The van der Waals surface area contributed by atoms with Gasteiger partial charge in [0.15, 0.2) is 6.61 Å². The minimum Gasteiger partial charge on any atom is -0.467 e. The number of amides is 1. The lowest BCUT2D eigenvalue weighted by Gasteiger charge is -2.12. The highest BCUT2D eigenvalue weighted by molar-refractivity contribution is 5.96. The van der Waals surface area contributed by atoms with E-state index >= 15 is 0 Å². The van der Waals surface area contributed by atoms with Gasteiger partial charge in [0.25, 0.3) is 5.91 Å².